The van der Waals surface area contributed by atoms with Crippen molar-refractivity contribution in [1.29, 1.82) is 5.26 Å². The van der Waals surface area contributed by atoms with Gasteiger partial charge >= 0.3 is 0 Å². The van der Waals surface area contributed by atoms with Crippen LogP contribution in [0.4, 0.5) is 21.5 Å². The van der Waals surface area contributed by atoms with Gasteiger partial charge in [0, 0.05) is 42.4 Å². The standard InChI is InChI=1S/C23H18Cl2FN9/c1-35-10-20(29-11-35)23(19-9-30-34-33-19)32-14-4-15-21(31-13-2-3-18(26)16(24)5-13)12(7-27)8-28-22(15)17(25)6-14/h2-6,8-11,23,30,32-34H,1H3,(H,28,31)/t23-/m1/s1. The van der Waals surface area contributed by atoms with E-state index in [4.69, 9.17) is 23.2 Å². The molecule has 0 unspecified atom stereocenters. The summed E-state index contributed by atoms with van der Waals surface area (Å²) < 4.78 is 15.5. The predicted octanol–water partition coefficient (Wildman–Crippen LogP) is 4.64. The van der Waals surface area contributed by atoms with Crippen LogP contribution in [0, 0.1) is 17.1 Å². The summed E-state index contributed by atoms with van der Waals surface area (Å²) in [7, 11) is 1.89. The molecule has 5 rings (SSSR count). The number of anilines is 3. The minimum atomic E-state index is -0.536. The van der Waals surface area contributed by atoms with Crippen LogP contribution in [0.25, 0.3) is 10.9 Å². The summed E-state index contributed by atoms with van der Waals surface area (Å²) in [6.07, 6.45) is 6.85. The summed E-state index contributed by atoms with van der Waals surface area (Å²) in [5.74, 6) is -0.536. The third kappa shape index (κ3) is 4.52. The van der Waals surface area contributed by atoms with Gasteiger partial charge in [-0.05, 0) is 30.3 Å². The Labute approximate surface area is 209 Å². The summed E-state index contributed by atoms with van der Waals surface area (Å²) >= 11 is 12.6. The van der Waals surface area contributed by atoms with E-state index >= 15 is 0 Å². The monoisotopic (exact) mass is 509 g/mol. The van der Waals surface area contributed by atoms with Crippen LogP contribution in [0.5, 0.6) is 0 Å². The van der Waals surface area contributed by atoms with E-state index < -0.39 is 5.82 Å². The van der Waals surface area contributed by atoms with E-state index in [1.807, 2.05) is 23.9 Å². The van der Waals surface area contributed by atoms with Crippen molar-refractivity contribution in [2.45, 2.75) is 6.04 Å². The summed E-state index contributed by atoms with van der Waals surface area (Å²) in [5.41, 5.74) is 12.8. The van der Waals surface area contributed by atoms with Crippen molar-refractivity contribution >= 4 is 51.2 Å². The first-order chi connectivity index (χ1) is 16.9. The van der Waals surface area contributed by atoms with Crippen molar-refractivity contribution in [2.24, 2.45) is 7.05 Å². The van der Waals surface area contributed by atoms with Gasteiger partial charge in [-0.25, -0.2) is 9.37 Å². The maximum absolute atomic E-state index is 13.7. The molecule has 0 fully saturated rings. The van der Waals surface area contributed by atoms with Gasteiger partial charge in [-0.3, -0.25) is 4.98 Å². The van der Waals surface area contributed by atoms with E-state index in [0.717, 1.165) is 11.4 Å². The number of halogens is 3. The van der Waals surface area contributed by atoms with Crippen molar-refractivity contribution in [3.63, 3.8) is 0 Å². The number of hydrazine groups is 2. The van der Waals surface area contributed by atoms with Gasteiger partial charge in [0.15, 0.2) is 0 Å². The van der Waals surface area contributed by atoms with E-state index in [1.165, 1.54) is 24.4 Å². The highest BCUT2D eigenvalue weighted by molar-refractivity contribution is 6.36. The number of benzene rings is 2. The van der Waals surface area contributed by atoms with Gasteiger partial charge in [-0.2, -0.15) is 10.8 Å². The van der Waals surface area contributed by atoms with Crippen LogP contribution in [0.2, 0.25) is 10.0 Å². The lowest BCUT2D eigenvalue weighted by atomic mass is 10.1. The van der Waals surface area contributed by atoms with Crippen molar-refractivity contribution in [3.05, 3.63) is 88.1 Å². The van der Waals surface area contributed by atoms with E-state index in [1.54, 1.807) is 18.6 Å². The normalized spacial score (nSPS) is 13.5. The van der Waals surface area contributed by atoms with Crippen LogP contribution >= 0.6 is 23.2 Å². The number of pyridine rings is 1. The highest BCUT2D eigenvalue weighted by Crippen LogP contribution is 2.37. The number of fused-ring (bicyclic) bond motifs is 1. The highest BCUT2D eigenvalue weighted by atomic mass is 35.5. The fraction of sp³-hybridized carbons (Fsp3) is 0.0870. The maximum atomic E-state index is 13.7. The quantitative estimate of drug-likeness (QED) is 0.255. The van der Waals surface area contributed by atoms with E-state index in [0.29, 0.717) is 38.6 Å². The molecule has 0 saturated heterocycles. The number of rotatable bonds is 6. The number of imidazole rings is 1. The van der Waals surface area contributed by atoms with Crippen LogP contribution in [-0.2, 0) is 7.05 Å². The highest BCUT2D eigenvalue weighted by Gasteiger charge is 2.23. The number of nitrogens with zero attached hydrogens (tertiary/aromatic N) is 4. The zero-order valence-electron chi connectivity index (χ0n) is 18.2. The number of aromatic nitrogens is 3. The largest absolute Gasteiger partial charge is 0.371 e. The Morgan fingerprint density at radius 3 is 2.66 bits per heavy atom. The van der Waals surface area contributed by atoms with Crippen molar-refractivity contribution in [3.8, 4) is 6.07 Å². The van der Waals surface area contributed by atoms with Crippen LogP contribution in [0.1, 0.15) is 17.3 Å². The minimum Gasteiger partial charge on any atom is -0.371 e. The SMILES string of the molecule is Cn1cnc([C@H](Nc2cc(Cl)c3ncc(C#N)c(Nc4ccc(F)c(Cl)c4)c3c2)C2=CNNN2)c1. The minimum absolute atomic E-state index is 0.0370. The summed E-state index contributed by atoms with van der Waals surface area (Å²) in [4.78, 5) is 8.85. The topological polar surface area (TPSA) is 115 Å². The van der Waals surface area contributed by atoms with Gasteiger partial charge in [0.2, 0.25) is 0 Å². The fourth-order valence-corrected chi connectivity index (χ4v) is 4.20. The van der Waals surface area contributed by atoms with Gasteiger partial charge in [0.05, 0.1) is 44.5 Å². The molecule has 176 valence electrons. The second-order valence-corrected chi connectivity index (χ2v) is 8.62. The molecule has 35 heavy (non-hydrogen) atoms. The molecule has 0 amide bonds. The van der Waals surface area contributed by atoms with Crippen molar-refractivity contribution in [2.75, 3.05) is 10.6 Å². The van der Waals surface area contributed by atoms with Gasteiger partial charge in [0.1, 0.15) is 17.9 Å². The van der Waals surface area contributed by atoms with E-state index in [-0.39, 0.29) is 11.1 Å². The van der Waals surface area contributed by atoms with Gasteiger partial charge < -0.3 is 26.1 Å². The molecular formula is C23H18Cl2FN9. The summed E-state index contributed by atoms with van der Waals surface area (Å²) in [6, 6.07) is 9.64. The molecule has 12 heteroatoms. The second-order valence-electron chi connectivity index (χ2n) is 7.80. The lowest BCUT2D eigenvalue weighted by Gasteiger charge is -2.20. The first-order valence-corrected chi connectivity index (χ1v) is 11.1. The number of aryl methyl sites for hydroxylation is 1. The molecule has 5 N–H and O–H groups in total. The van der Waals surface area contributed by atoms with E-state index in [9.17, 15) is 9.65 Å². The van der Waals surface area contributed by atoms with Gasteiger partial charge in [-0.15, -0.1) is 0 Å². The lowest BCUT2D eigenvalue weighted by Crippen LogP contribution is -2.34. The first-order valence-electron chi connectivity index (χ1n) is 10.4. The van der Waals surface area contributed by atoms with Crippen LogP contribution in [0.15, 0.2) is 60.9 Å². The van der Waals surface area contributed by atoms with Crippen molar-refractivity contribution < 1.29 is 4.39 Å². The Bertz CT molecular complexity index is 1510. The maximum Gasteiger partial charge on any atom is 0.141 e. The molecule has 0 saturated carbocycles. The van der Waals surface area contributed by atoms with Crippen LogP contribution in [0.3, 0.4) is 0 Å². The summed E-state index contributed by atoms with van der Waals surface area (Å²) in [6.45, 7) is 0. The number of hydrogen-bond acceptors (Lipinski definition) is 8. The number of nitrogens with one attached hydrogen (secondary N) is 5. The zero-order chi connectivity index (χ0) is 24.5. The van der Waals surface area contributed by atoms with E-state index in [2.05, 4.69) is 43.1 Å². The van der Waals surface area contributed by atoms with Crippen LogP contribution in [-0.4, -0.2) is 14.5 Å². The molecule has 1 aliphatic rings. The average Bonchev–Trinajstić information content (AvgIpc) is 3.52. The Balaban J connectivity index is 1.60. The first kappa shape index (κ1) is 22.7. The van der Waals surface area contributed by atoms with Gasteiger partial charge in [0.25, 0.3) is 0 Å². The second kappa shape index (κ2) is 9.31. The molecule has 3 heterocycles. The molecule has 0 radical (unpaired) electrons. The Morgan fingerprint density at radius 1 is 1.14 bits per heavy atom. The number of nitriles is 1. The van der Waals surface area contributed by atoms with Gasteiger partial charge in [-0.1, -0.05) is 23.2 Å². The smallest absolute Gasteiger partial charge is 0.141 e. The molecule has 0 aliphatic carbocycles. The Hall–Kier alpha value is -4.04. The fourth-order valence-electron chi connectivity index (χ4n) is 3.75. The third-order valence-corrected chi connectivity index (χ3v) is 5.96. The molecule has 0 bridgehead atoms. The predicted molar refractivity (Wildman–Crippen MR) is 133 cm³/mol. The molecule has 2 aromatic carbocycles. The molecule has 9 nitrogen and oxygen atoms in total. The molecule has 1 atom stereocenters. The van der Waals surface area contributed by atoms with Crippen molar-refractivity contribution in [1.82, 2.24) is 30.9 Å². The average molecular weight is 510 g/mol. The molecule has 4 aromatic rings. The van der Waals surface area contributed by atoms with Crippen LogP contribution < -0.4 is 27.0 Å². The number of hydrogen-bond donors (Lipinski definition) is 5. The summed E-state index contributed by atoms with van der Waals surface area (Å²) in [5, 5.41) is 17.3. The molecule has 1 aliphatic heterocycles. The molecule has 0 spiro atoms. The Kier molecular flexibility index (Phi) is 6.05. The third-order valence-electron chi connectivity index (χ3n) is 5.38. The lowest BCUT2D eigenvalue weighted by molar-refractivity contribution is 0.581. The molecule has 2 aromatic heterocycles. The Morgan fingerprint density at radius 2 is 1.97 bits per heavy atom. The zero-order valence-corrected chi connectivity index (χ0v) is 19.7. The molecular weight excluding hydrogens is 492 g/mol.